The van der Waals surface area contributed by atoms with E-state index in [2.05, 4.69) is 9.88 Å². The van der Waals surface area contributed by atoms with E-state index in [1.54, 1.807) is 17.5 Å². The third kappa shape index (κ3) is 2.79. The second kappa shape index (κ2) is 5.91. The number of carbonyl (C=O) groups is 1. The fourth-order valence-electron chi connectivity index (χ4n) is 3.66. The first-order valence-electron chi connectivity index (χ1n) is 8.39. The lowest BCUT2D eigenvalue weighted by Gasteiger charge is -2.38. The molecule has 2 unspecified atom stereocenters. The zero-order chi connectivity index (χ0) is 15.1. The first-order chi connectivity index (χ1) is 10.7. The topological polar surface area (TPSA) is 56.7 Å². The van der Waals surface area contributed by atoms with Gasteiger partial charge in [-0.1, -0.05) is 0 Å². The number of amides is 1. The molecule has 1 aromatic rings. The van der Waals surface area contributed by atoms with Crippen molar-refractivity contribution >= 4 is 17.2 Å². The van der Waals surface area contributed by atoms with Gasteiger partial charge < -0.3 is 10.0 Å². The summed E-state index contributed by atoms with van der Waals surface area (Å²) in [7, 11) is 0. The van der Waals surface area contributed by atoms with E-state index in [1.807, 2.05) is 4.90 Å². The average Bonchev–Trinajstić information content (AvgIpc) is 3.12. The molecule has 1 aromatic heterocycles. The minimum atomic E-state index is -0.176. The molecule has 1 aliphatic heterocycles. The first-order valence-corrected chi connectivity index (χ1v) is 9.21. The molecular formula is C16H23N3O2S. The van der Waals surface area contributed by atoms with Crippen molar-refractivity contribution in [2.75, 3.05) is 26.2 Å². The molecule has 1 saturated heterocycles. The molecule has 1 N–H and O–H groups in total. The highest BCUT2D eigenvalue weighted by Crippen LogP contribution is 2.41. The molecule has 3 aliphatic rings. The third-order valence-electron chi connectivity index (χ3n) is 5.18. The summed E-state index contributed by atoms with van der Waals surface area (Å²) in [4.78, 5) is 22.1. The number of nitrogens with zero attached hydrogens (tertiary/aromatic N) is 3. The zero-order valence-corrected chi connectivity index (χ0v) is 13.6. The minimum Gasteiger partial charge on any atom is -0.391 e. The Morgan fingerprint density at radius 3 is 2.59 bits per heavy atom. The predicted octanol–water partition coefficient (Wildman–Crippen LogP) is 1.69. The highest BCUT2D eigenvalue weighted by atomic mass is 32.1. The Kier molecular flexibility index (Phi) is 3.92. The second-order valence-electron chi connectivity index (χ2n) is 6.73. The van der Waals surface area contributed by atoms with Crippen molar-refractivity contribution in [3.05, 3.63) is 16.1 Å². The van der Waals surface area contributed by atoms with Crippen LogP contribution in [0, 0.1) is 0 Å². The molecule has 5 nitrogen and oxygen atoms in total. The Morgan fingerprint density at radius 2 is 1.95 bits per heavy atom. The van der Waals surface area contributed by atoms with Crippen molar-refractivity contribution in [1.82, 2.24) is 14.8 Å². The van der Waals surface area contributed by atoms with Crippen LogP contribution in [0.25, 0.3) is 0 Å². The summed E-state index contributed by atoms with van der Waals surface area (Å²) < 4.78 is 0. The maximum Gasteiger partial charge on any atom is 0.265 e. The number of hydrogen-bond donors (Lipinski definition) is 1. The van der Waals surface area contributed by atoms with Crippen LogP contribution in [0.3, 0.4) is 0 Å². The van der Waals surface area contributed by atoms with Gasteiger partial charge in [-0.15, -0.1) is 11.3 Å². The van der Waals surface area contributed by atoms with Gasteiger partial charge in [-0.3, -0.25) is 9.69 Å². The second-order valence-corrected chi connectivity index (χ2v) is 7.79. The van der Waals surface area contributed by atoms with Gasteiger partial charge in [-0.05, 0) is 32.1 Å². The van der Waals surface area contributed by atoms with Crippen LogP contribution >= 0.6 is 11.3 Å². The van der Waals surface area contributed by atoms with Crippen LogP contribution in [0.4, 0.5) is 0 Å². The summed E-state index contributed by atoms with van der Waals surface area (Å²) in [6.45, 7) is 3.28. The standard InChI is InChI=1S/C16H23N3O2S/c20-13-3-1-2-12(13)18-6-8-19(9-7-18)16(21)14-10-17-15(22-14)11-4-5-11/h10-13,20H,1-9H2. The van der Waals surface area contributed by atoms with Crippen LogP contribution in [0.1, 0.15) is 52.7 Å². The number of aromatic nitrogens is 1. The maximum absolute atomic E-state index is 12.6. The van der Waals surface area contributed by atoms with E-state index >= 15 is 0 Å². The van der Waals surface area contributed by atoms with Gasteiger partial charge in [0.15, 0.2) is 0 Å². The lowest BCUT2D eigenvalue weighted by Crippen LogP contribution is -2.53. The Hall–Kier alpha value is -0.980. The Bertz CT molecular complexity index is 549. The van der Waals surface area contributed by atoms with E-state index < -0.39 is 0 Å². The number of rotatable bonds is 3. The van der Waals surface area contributed by atoms with Crippen LogP contribution in [-0.2, 0) is 0 Å². The molecular weight excluding hydrogens is 298 g/mol. The Morgan fingerprint density at radius 1 is 1.18 bits per heavy atom. The SMILES string of the molecule is O=C(c1cnc(C2CC2)s1)N1CCN(C2CCCC2O)CC1. The lowest BCUT2D eigenvalue weighted by molar-refractivity contribution is 0.0317. The van der Waals surface area contributed by atoms with E-state index in [0.717, 1.165) is 55.3 Å². The molecule has 120 valence electrons. The molecule has 0 radical (unpaired) electrons. The fourth-order valence-corrected chi connectivity index (χ4v) is 4.72. The quantitative estimate of drug-likeness (QED) is 0.920. The van der Waals surface area contributed by atoms with Gasteiger partial charge in [0, 0.05) is 38.1 Å². The molecule has 2 aliphatic carbocycles. The zero-order valence-electron chi connectivity index (χ0n) is 12.8. The largest absolute Gasteiger partial charge is 0.391 e. The van der Waals surface area contributed by atoms with Gasteiger partial charge in [0.05, 0.1) is 17.3 Å². The van der Waals surface area contributed by atoms with E-state index in [-0.39, 0.29) is 12.0 Å². The van der Waals surface area contributed by atoms with Crippen LogP contribution in [-0.4, -0.2) is 64.1 Å². The summed E-state index contributed by atoms with van der Waals surface area (Å²) in [5.41, 5.74) is 0. The molecule has 0 aromatic carbocycles. The monoisotopic (exact) mass is 321 g/mol. The highest BCUT2D eigenvalue weighted by molar-refractivity contribution is 7.13. The average molecular weight is 321 g/mol. The molecule has 6 heteroatoms. The predicted molar refractivity (Wildman–Crippen MR) is 85.2 cm³/mol. The molecule has 4 rings (SSSR count). The molecule has 22 heavy (non-hydrogen) atoms. The van der Waals surface area contributed by atoms with Gasteiger partial charge >= 0.3 is 0 Å². The van der Waals surface area contributed by atoms with Crippen molar-refractivity contribution in [2.24, 2.45) is 0 Å². The lowest BCUT2D eigenvalue weighted by atomic mass is 10.1. The summed E-state index contributed by atoms with van der Waals surface area (Å²) in [5.74, 6) is 0.753. The van der Waals surface area contributed by atoms with E-state index in [0.29, 0.717) is 12.0 Å². The van der Waals surface area contributed by atoms with Gasteiger partial charge in [-0.2, -0.15) is 0 Å². The van der Waals surface area contributed by atoms with Crippen LogP contribution in [0.15, 0.2) is 6.20 Å². The third-order valence-corrected chi connectivity index (χ3v) is 6.32. The summed E-state index contributed by atoms with van der Waals surface area (Å²) in [6.07, 6.45) is 7.17. The molecule has 3 fully saturated rings. The molecule has 2 atom stereocenters. The van der Waals surface area contributed by atoms with E-state index in [4.69, 9.17) is 0 Å². The van der Waals surface area contributed by atoms with Gasteiger partial charge in [0.25, 0.3) is 5.91 Å². The van der Waals surface area contributed by atoms with E-state index in [9.17, 15) is 9.90 Å². The molecule has 1 amide bonds. The molecule has 0 bridgehead atoms. The Labute approximate surface area is 134 Å². The first kappa shape index (κ1) is 14.6. The van der Waals surface area contributed by atoms with Crippen LogP contribution < -0.4 is 0 Å². The van der Waals surface area contributed by atoms with E-state index in [1.165, 1.54) is 12.8 Å². The fraction of sp³-hybridized carbons (Fsp3) is 0.750. The normalized spacial score (nSPS) is 30.0. The number of thiazole rings is 1. The minimum absolute atomic E-state index is 0.135. The summed E-state index contributed by atoms with van der Waals surface area (Å²) in [5, 5.41) is 11.2. The smallest absolute Gasteiger partial charge is 0.265 e. The van der Waals surface area contributed by atoms with Gasteiger partial charge in [-0.25, -0.2) is 4.98 Å². The van der Waals surface area contributed by atoms with Gasteiger partial charge in [0.1, 0.15) is 4.88 Å². The summed E-state index contributed by atoms with van der Waals surface area (Å²) in [6, 6.07) is 0.308. The maximum atomic E-state index is 12.6. The van der Waals surface area contributed by atoms with Crippen molar-refractivity contribution in [3.63, 3.8) is 0 Å². The Balaban J connectivity index is 1.35. The molecule has 0 spiro atoms. The van der Waals surface area contributed by atoms with Crippen molar-refractivity contribution < 1.29 is 9.90 Å². The number of carbonyl (C=O) groups excluding carboxylic acids is 1. The number of aliphatic hydroxyl groups excluding tert-OH is 1. The number of aliphatic hydroxyl groups is 1. The molecule has 2 saturated carbocycles. The van der Waals surface area contributed by atoms with Gasteiger partial charge in [0.2, 0.25) is 0 Å². The summed E-state index contributed by atoms with van der Waals surface area (Å²) >= 11 is 1.58. The van der Waals surface area contributed by atoms with Crippen LogP contribution in [0.2, 0.25) is 0 Å². The van der Waals surface area contributed by atoms with Crippen molar-refractivity contribution in [1.29, 1.82) is 0 Å². The van der Waals surface area contributed by atoms with Crippen molar-refractivity contribution in [3.8, 4) is 0 Å². The number of piperazine rings is 1. The highest BCUT2D eigenvalue weighted by Gasteiger charge is 2.34. The van der Waals surface area contributed by atoms with Crippen LogP contribution in [0.5, 0.6) is 0 Å². The number of hydrogen-bond acceptors (Lipinski definition) is 5. The molecule has 2 heterocycles. The van der Waals surface area contributed by atoms with Crippen molar-refractivity contribution in [2.45, 2.75) is 50.2 Å².